The first-order chi connectivity index (χ1) is 18.6. The number of carbonyl (C=O) groups is 1. The Labute approximate surface area is 224 Å². The third-order valence-electron chi connectivity index (χ3n) is 7.58. The summed E-state index contributed by atoms with van der Waals surface area (Å²) in [6.45, 7) is 9.19. The lowest BCUT2D eigenvalue weighted by Crippen LogP contribution is -2.49. The molecule has 0 N–H and O–H groups in total. The van der Waals surface area contributed by atoms with Crippen molar-refractivity contribution in [3.8, 4) is 12.1 Å². The Bertz CT molecular complexity index is 1390. The second-order valence-corrected chi connectivity index (χ2v) is 9.98. The molecule has 0 spiro atoms. The standard InChI is InChI=1S/C31H32N6O/c1-24-9-10-26(23-34-11-13-36(14-12-34)30-8-3-2-6-27(30)22-33)20-29(24)31(38)37-17-15-35(16-18-37)28-7-4-5-25(19-28)21-32/h2-10,19-20H,11-18,23H2,1H3. The number of hydrogen-bond acceptors (Lipinski definition) is 6. The lowest BCUT2D eigenvalue weighted by Gasteiger charge is -2.37. The van der Waals surface area contributed by atoms with E-state index in [0.29, 0.717) is 18.7 Å². The number of para-hydroxylation sites is 1. The Morgan fingerprint density at radius 2 is 1.53 bits per heavy atom. The van der Waals surface area contributed by atoms with Gasteiger partial charge in [-0.2, -0.15) is 10.5 Å². The maximum atomic E-state index is 13.5. The summed E-state index contributed by atoms with van der Waals surface area (Å²) in [5.41, 5.74) is 6.35. The number of nitriles is 2. The minimum Gasteiger partial charge on any atom is -0.368 e. The van der Waals surface area contributed by atoms with Crippen molar-refractivity contribution in [1.82, 2.24) is 9.80 Å². The number of piperazine rings is 2. The van der Waals surface area contributed by atoms with Crippen LogP contribution in [0.25, 0.3) is 0 Å². The predicted molar refractivity (Wildman–Crippen MR) is 149 cm³/mol. The molecule has 0 saturated carbocycles. The number of carbonyl (C=O) groups excluding carboxylic acids is 1. The number of benzene rings is 3. The largest absolute Gasteiger partial charge is 0.368 e. The van der Waals surface area contributed by atoms with Gasteiger partial charge in [-0.25, -0.2) is 0 Å². The summed E-state index contributed by atoms with van der Waals surface area (Å²) in [7, 11) is 0. The normalized spacial score (nSPS) is 16.1. The Balaban J connectivity index is 1.19. The second kappa shape index (κ2) is 11.4. The van der Waals surface area contributed by atoms with E-state index in [2.05, 4.69) is 45.0 Å². The first-order valence-corrected chi connectivity index (χ1v) is 13.2. The number of amides is 1. The maximum absolute atomic E-state index is 13.5. The van der Waals surface area contributed by atoms with Gasteiger partial charge in [0.25, 0.3) is 5.91 Å². The van der Waals surface area contributed by atoms with Crippen LogP contribution < -0.4 is 9.80 Å². The van der Waals surface area contributed by atoms with Gasteiger partial charge < -0.3 is 14.7 Å². The van der Waals surface area contributed by atoms with Gasteiger partial charge in [-0.1, -0.05) is 30.3 Å². The molecule has 0 atom stereocenters. The van der Waals surface area contributed by atoms with E-state index in [1.54, 1.807) is 0 Å². The van der Waals surface area contributed by atoms with E-state index < -0.39 is 0 Å². The van der Waals surface area contributed by atoms with Crippen LogP contribution >= 0.6 is 0 Å². The fourth-order valence-corrected chi connectivity index (χ4v) is 5.36. The van der Waals surface area contributed by atoms with Crippen LogP contribution in [0.5, 0.6) is 0 Å². The Morgan fingerprint density at radius 3 is 2.26 bits per heavy atom. The molecule has 0 bridgehead atoms. The predicted octanol–water partition coefficient (Wildman–Crippen LogP) is 4.02. The zero-order valence-electron chi connectivity index (χ0n) is 21.8. The lowest BCUT2D eigenvalue weighted by atomic mass is 10.0. The first-order valence-electron chi connectivity index (χ1n) is 13.2. The third-order valence-corrected chi connectivity index (χ3v) is 7.58. The highest BCUT2D eigenvalue weighted by atomic mass is 16.2. The van der Waals surface area contributed by atoms with Crippen molar-refractivity contribution in [2.24, 2.45) is 0 Å². The molecule has 7 nitrogen and oxygen atoms in total. The van der Waals surface area contributed by atoms with Crippen LogP contribution in [0.15, 0.2) is 66.7 Å². The van der Waals surface area contributed by atoms with Gasteiger partial charge in [0.1, 0.15) is 6.07 Å². The van der Waals surface area contributed by atoms with E-state index in [4.69, 9.17) is 0 Å². The molecule has 3 aromatic carbocycles. The van der Waals surface area contributed by atoms with Crippen LogP contribution in [0, 0.1) is 29.6 Å². The lowest BCUT2D eigenvalue weighted by molar-refractivity contribution is 0.0746. The van der Waals surface area contributed by atoms with Gasteiger partial charge in [0.15, 0.2) is 0 Å². The number of anilines is 2. The van der Waals surface area contributed by atoms with Gasteiger partial charge in [-0.3, -0.25) is 9.69 Å². The highest BCUT2D eigenvalue weighted by Crippen LogP contribution is 2.23. The second-order valence-electron chi connectivity index (χ2n) is 9.98. The Hall–Kier alpha value is -4.33. The average Bonchev–Trinajstić information content (AvgIpc) is 2.98. The van der Waals surface area contributed by atoms with Gasteiger partial charge >= 0.3 is 0 Å². The maximum Gasteiger partial charge on any atom is 0.254 e. The molecular weight excluding hydrogens is 472 g/mol. The van der Waals surface area contributed by atoms with Crippen LogP contribution in [0.3, 0.4) is 0 Å². The smallest absolute Gasteiger partial charge is 0.254 e. The van der Waals surface area contributed by atoms with E-state index in [1.807, 2.05) is 60.4 Å². The van der Waals surface area contributed by atoms with Crippen LogP contribution in [0.4, 0.5) is 11.4 Å². The molecule has 1 amide bonds. The van der Waals surface area contributed by atoms with E-state index in [0.717, 1.165) is 79.4 Å². The minimum absolute atomic E-state index is 0.0905. The molecule has 192 valence electrons. The molecule has 7 heteroatoms. The van der Waals surface area contributed by atoms with E-state index in [1.165, 1.54) is 0 Å². The van der Waals surface area contributed by atoms with Gasteiger partial charge in [0, 0.05) is 70.2 Å². The van der Waals surface area contributed by atoms with Crippen LogP contribution in [-0.2, 0) is 6.54 Å². The monoisotopic (exact) mass is 504 g/mol. The highest BCUT2D eigenvalue weighted by Gasteiger charge is 2.24. The van der Waals surface area contributed by atoms with Crippen molar-refractivity contribution >= 4 is 17.3 Å². The molecule has 0 aliphatic carbocycles. The van der Waals surface area contributed by atoms with Crippen LogP contribution in [-0.4, -0.2) is 68.1 Å². The van der Waals surface area contributed by atoms with E-state index in [-0.39, 0.29) is 5.91 Å². The number of hydrogen-bond donors (Lipinski definition) is 0. The van der Waals surface area contributed by atoms with Crippen LogP contribution in [0.1, 0.15) is 32.6 Å². The quantitative estimate of drug-likeness (QED) is 0.522. The van der Waals surface area contributed by atoms with Gasteiger partial charge in [-0.15, -0.1) is 0 Å². The molecule has 3 aromatic rings. The fraction of sp³-hybridized carbons (Fsp3) is 0.323. The summed E-state index contributed by atoms with van der Waals surface area (Å²) >= 11 is 0. The molecule has 0 unspecified atom stereocenters. The summed E-state index contributed by atoms with van der Waals surface area (Å²) in [4.78, 5) is 22.4. The van der Waals surface area contributed by atoms with E-state index >= 15 is 0 Å². The molecule has 0 aromatic heterocycles. The van der Waals surface area contributed by atoms with Crippen molar-refractivity contribution in [3.63, 3.8) is 0 Å². The first kappa shape index (κ1) is 25.3. The van der Waals surface area contributed by atoms with Gasteiger partial charge in [0.05, 0.1) is 22.9 Å². The summed E-state index contributed by atoms with van der Waals surface area (Å²) in [5.74, 6) is 0.0905. The molecule has 2 aliphatic rings. The molecule has 2 saturated heterocycles. The van der Waals surface area contributed by atoms with Crippen molar-refractivity contribution < 1.29 is 4.79 Å². The third kappa shape index (κ3) is 5.49. The highest BCUT2D eigenvalue weighted by molar-refractivity contribution is 5.96. The zero-order valence-corrected chi connectivity index (χ0v) is 21.8. The fourth-order valence-electron chi connectivity index (χ4n) is 5.36. The molecule has 5 rings (SSSR count). The van der Waals surface area contributed by atoms with Crippen molar-refractivity contribution in [3.05, 3.63) is 94.5 Å². The molecular formula is C31H32N6O. The number of nitrogens with zero attached hydrogens (tertiary/aromatic N) is 6. The number of rotatable bonds is 5. The van der Waals surface area contributed by atoms with Gasteiger partial charge in [0.2, 0.25) is 0 Å². The van der Waals surface area contributed by atoms with Crippen molar-refractivity contribution in [2.45, 2.75) is 13.5 Å². The summed E-state index contributed by atoms with van der Waals surface area (Å²) in [6, 6.07) is 26.2. The summed E-state index contributed by atoms with van der Waals surface area (Å²) < 4.78 is 0. The zero-order chi connectivity index (χ0) is 26.5. The summed E-state index contributed by atoms with van der Waals surface area (Å²) in [5, 5.41) is 18.6. The minimum atomic E-state index is 0.0905. The topological polar surface area (TPSA) is 77.6 Å². The van der Waals surface area contributed by atoms with Crippen molar-refractivity contribution in [1.29, 1.82) is 10.5 Å². The summed E-state index contributed by atoms with van der Waals surface area (Å²) in [6.07, 6.45) is 0. The van der Waals surface area contributed by atoms with Crippen LogP contribution in [0.2, 0.25) is 0 Å². The van der Waals surface area contributed by atoms with E-state index in [9.17, 15) is 15.3 Å². The SMILES string of the molecule is Cc1ccc(CN2CCN(c3ccccc3C#N)CC2)cc1C(=O)N1CCN(c2cccc(C#N)c2)CC1. The Morgan fingerprint density at radius 1 is 0.789 bits per heavy atom. The molecule has 0 radical (unpaired) electrons. The molecule has 38 heavy (non-hydrogen) atoms. The average molecular weight is 505 g/mol. The number of aryl methyl sites for hydroxylation is 1. The Kier molecular flexibility index (Phi) is 7.58. The molecule has 2 heterocycles. The molecule has 2 fully saturated rings. The molecule has 2 aliphatic heterocycles. The van der Waals surface area contributed by atoms with Crippen molar-refractivity contribution in [2.75, 3.05) is 62.2 Å². The van der Waals surface area contributed by atoms with Gasteiger partial charge in [-0.05, 0) is 54.4 Å².